The fourth-order valence-corrected chi connectivity index (χ4v) is 2.96. The van der Waals surface area contributed by atoms with Gasteiger partial charge in [-0.3, -0.25) is 9.69 Å². The maximum atomic E-state index is 12.4. The summed E-state index contributed by atoms with van der Waals surface area (Å²) in [5.41, 5.74) is 0. The highest BCUT2D eigenvalue weighted by atomic mass is 16.4. The molecule has 0 aromatic carbocycles. The lowest BCUT2D eigenvalue weighted by atomic mass is 9.98. The first-order chi connectivity index (χ1) is 10.0. The van der Waals surface area contributed by atoms with Gasteiger partial charge in [-0.15, -0.1) is 0 Å². The Morgan fingerprint density at radius 2 is 1.57 bits per heavy atom. The van der Waals surface area contributed by atoms with Crippen molar-refractivity contribution in [1.29, 1.82) is 0 Å². The monoisotopic (exact) mass is 299 g/mol. The van der Waals surface area contributed by atoms with Crippen LogP contribution in [0, 0.1) is 5.92 Å². The van der Waals surface area contributed by atoms with Gasteiger partial charge in [0.2, 0.25) is 0 Å². The van der Waals surface area contributed by atoms with Crippen LogP contribution < -0.4 is 0 Å². The molecule has 2 fully saturated rings. The van der Waals surface area contributed by atoms with Crippen LogP contribution in [0.3, 0.4) is 0 Å². The zero-order valence-electron chi connectivity index (χ0n) is 12.6. The number of aliphatic carboxylic acids is 1. The molecule has 7 heteroatoms. The Kier molecular flexibility index (Phi) is 5.41. The summed E-state index contributed by atoms with van der Waals surface area (Å²) in [7, 11) is 0. The van der Waals surface area contributed by atoms with Crippen LogP contribution in [-0.2, 0) is 4.79 Å². The second-order valence-electron chi connectivity index (χ2n) is 5.93. The fourth-order valence-electron chi connectivity index (χ4n) is 2.96. The summed E-state index contributed by atoms with van der Waals surface area (Å²) in [4.78, 5) is 28.9. The Morgan fingerprint density at radius 3 is 2.05 bits per heavy atom. The predicted octanol–water partition coefficient (Wildman–Crippen LogP) is -0.0986. The van der Waals surface area contributed by atoms with Crippen molar-refractivity contribution in [2.45, 2.75) is 25.8 Å². The standard InChI is InChI=1S/C14H25N3O4/c1-11(13(19)20)15-6-8-17(9-7-15)14(21)16-4-2-12(10-18)3-5-16/h11-12,18H,2-10H2,1H3,(H,19,20). The highest BCUT2D eigenvalue weighted by Gasteiger charge is 2.30. The third-order valence-electron chi connectivity index (χ3n) is 4.63. The Balaban J connectivity index is 1.79. The summed E-state index contributed by atoms with van der Waals surface area (Å²) in [5, 5.41) is 18.1. The van der Waals surface area contributed by atoms with Gasteiger partial charge in [-0.25, -0.2) is 4.79 Å². The summed E-state index contributed by atoms with van der Waals surface area (Å²) < 4.78 is 0. The number of amides is 2. The molecule has 0 aromatic heterocycles. The van der Waals surface area contributed by atoms with E-state index in [4.69, 9.17) is 10.2 Å². The average Bonchev–Trinajstić information content (AvgIpc) is 2.53. The smallest absolute Gasteiger partial charge is 0.320 e. The van der Waals surface area contributed by atoms with E-state index >= 15 is 0 Å². The number of carbonyl (C=O) groups excluding carboxylic acids is 1. The number of aliphatic hydroxyl groups excluding tert-OH is 1. The number of rotatable bonds is 3. The van der Waals surface area contributed by atoms with Crippen molar-refractivity contribution in [1.82, 2.24) is 14.7 Å². The van der Waals surface area contributed by atoms with Crippen LogP contribution >= 0.6 is 0 Å². The van der Waals surface area contributed by atoms with Gasteiger partial charge >= 0.3 is 12.0 Å². The van der Waals surface area contributed by atoms with E-state index in [0.29, 0.717) is 45.2 Å². The number of nitrogens with zero attached hydrogens (tertiary/aromatic N) is 3. The molecular weight excluding hydrogens is 274 g/mol. The van der Waals surface area contributed by atoms with Gasteiger partial charge in [-0.1, -0.05) is 0 Å². The van der Waals surface area contributed by atoms with Crippen LogP contribution in [0.4, 0.5) is 4.79 Å². The van der Waals surface area contributed by atoms with E-state index < -0.39 is 12.0 Å². The van der Waals surface area contributed by atoms with E-state index in [1.165, 1.54) is 0 Å². The molecule has 2 heterocycles. The summed E-state index contributed by atoms with van der Waals surface area (Å²) >= 11 is 0. The van der Waals surface area contributed by atoms with Crippen molar-refractivity contribution in [3.05, 3.63) is 0 Å². The van der Waals surface area contributed by atoms with Crippen LogP contribution in [0.1, 0.15) is 19.8 Å². The average molecular weight is 299 g/mol. The van der Waals surface area contributed by atoms with Crippen LogP contribution in [0.25, 0.3) is 0 Å². The number of urea groups is 1. The first-order valence-corrected chi connectivity index (χ1v) is 7.64. The molecule has 21 heavy (non-hydrogen) atoms. The molecule has 7 nitrogen and oxygen atoms in total. The minimum absolute atomic E-state index is 0.0500. The highest BCUT2D eigenvalue weighted by molar-refractivity contribution is 5.75. The third kappa shape index (κ3) is 3.85. The first kappa shape index (κ1) is 16.0. The largest absolute Gasteiger partial charge is 0.480 e. The summed E-state index contributed by atoms with van der Waals surface area (Å²) in [6.07, 6.45) is 1.72. The predicted molar refractivity (Wildman–Crippen MR) is 77.0 cm³/mol. The Labute approximate surface area is 125 Å². The number of hydrogen-bond acceptors (Lipinski definition) is 4. The second-order valence-corrected chi connectivity index (χ2v) is 5.93. The van der Waals surface area contributed by atoms with Gasteiger partial charge in [-0.2, -0.15) is 0 Å². The van der Waals surface area contributed by atoms with Crippen molar-refractivity contribution in [2.75, 3.05) is 45.9 Å². The number of piperazine rings is 1. The Hall–Kier alpha value is -1.34. The van der Waals surface area contributed by atoms with Gasteiger partial charge in [-0.05, 0) is 25.7 Å². The topological polar surface area (TPSA) is 84.3 Å². The van der Waals surface area contributed by atoms with Crippen LogP contribution in [-0.4, -0.2) is 88.8 Å². The van der Waals surface area contributed by atoms with Crippen molar-refractivity contribution in [3.8, 4) is 0 Å². The molecule has 1 atom stereocenters. The number of piperidine rings is 1. The van der Waals surface area contributed by atoms with E-state index in [-0.39, 0.29) is 12.6 Å². The molecule has 0 bridgehead atoms. The molecule has 0 radical (unpaired) electrons. The number of carbonyl (C=O) groups is 2. The van der Waals surface area contributed by atoms with Gasteiger partial charge in [0.15, 0.2) is 0 Å². The maximum Gasteiger partial charge on any atom is 0.320 e. The van der Waals surface area contributed by atoms with E-state index in [0.717, 1.165) is 12.8 Å². The fraction of sp³-hybridized carbons (Fsp3) is 0.857. The number of hydrogen-bond donors (Lipinski definition) is 2. The van der Waals surface area contributed by atoms with Crippen LogP contribution in [0.2, 0.25) is 0 Å². The molecule has 120 valence electrons. The molecule has 2 aliphatic heterocycles. The molecular formula is C14H25N3O4. The van der Waals surface area contributed by atoms with Gasteiger partial charge in [0.05, 0.1) is 0 Å². The van der Waals surface area contributed by atoms with Crippen molar-refractivity contribution < 1.29 is 19.8 Å². The number of aliphatic hydroxyl groups is 1. The molecule has 1 unspecified atom stereocenters. The van der Waals surface area contributed by atoms with Crippen LogP contribution in [0.5, 0.6) is 0 Å². The SMILES string of the molecule is CC(C(=O)O)N1CCN(C(=O)N2CCC(CO)CC2)CC1. The minimum atomic E-state index is -0.819. The Bertz CT molecular complexity index is 374. The number of carboxylic acid groups (broad SMARTS) is 1. The van der Waals surface area contributed by atoms with Crippen molar-refractivity contribution in [3.63, 3.8) is 0 Å². The molecule has 2 N–H and O–H groups in total. The van der Waals surface area contributed by atoms with Gasteiger partial charge in [0.25, 0.3) is 0 Å². The summed E-state index contributed by atoms with van der Waals surface area (Å²) in [6.45, 7) is 5.66. The molecule has 0 saturated carbocycles. The van der Waals surface area contributed by atoms with E-state index in [1.807, 2.05) is 14.7 Å². The first-order valence-electron chi connectivity index (χ1n) is 7.64. The van der Waals surface area contributed by atoms with Crippen LogP contribution in [0.15, 0.2) is 0 Å². The lowest BCUT2D eigenvalue weighted by molar-refractivity contribution is -0.143. The zero-order chi connectivity index (χ0) is 15.4. The zero-order valence-corrected chi connectivity index (χ0v) is 12.6. The lowest BCUT2D eigenvalue weighted by Gasteiger charge is -2.40. The summed E-state index contributed by atoms with van der Waals surface area (Å²) in [5.74, 6) is -0.497. The highest BCUT2D eigenvalue weighted by Crippen LogP contribution is 2.18. The summed E-state index contributed by atoms with van der Waals surface area (Å²) in [6, 6.07) is -0.448. The molecule has 2 saturated heterocycles. The van der Waals surface area contributed by atoms with E-state index in [2.05, 4.69) is 0 Å². The van der Waals surface area contributed by atoms with E-state index in [9.17, 15) is 9.59 Å². The molecule has 0 spiro atoms. The molecule has 2 aliphatic rings. The normalized spacial score (nSPS) is 23.1. The van der Waals surface area contributed by atoms with Gasteiger partial charge < -0.3 is 20.0 Å². The molecule has 2 rings (SSSR count). The number of likely N-dealkylation sites (tertiary alicyclic amines) is 1. The van der Waals surface area contributed by atoms with Crippen molar-refractivity contribution in [2.24, 2.45) is 5.92 Å². The second kappa shape index (κ2) is 7.09. The molecule has 2 amide bonds. The third-order valence-corrected chi connectivity index (χ3v) is 4.63. The minimum Gasteiger partial charge on any atom is -0.480 e. The van der Waals surface area contributed by atoms with E-state index in [1.54, 1.807) is 6.92 Å². The Morgan fingerprint density at radius 1 is 1.05 bits per heavy atom. The quantitative estimate of drug-likeness (QED) is 0.760. The molecule has 0 aliphatic carbocycles. The molecule has 0 aromatic rings. The van der Waals surface area contributed by atoms with Gasteiger partial charge in [0, 0.05) is 45.9 Å². The van der Waals surface area contributed by atoms with Crippen molar-refractivity contribution >= 4 is 12.0 Å². The lowest BCUT2D eigenvalue weighted by Crippen LogP contribution is -2.56. The van der Waals surface area contributed by atoms with Gasteiger partial charge in [0.1, 0.15) is 6.04 Å². The maximum absolute atomic E-state index is 12.4. The number of carboxylic acids is 1.